The van der Waals surface area contributed by atoms with Gasteiger partial charge in [0.2, 0.25) is 0 Å². The van der Waals surface area contributed by atoms with Crippen LogP contribution < -0.4 is 4.90 Å². The Kier molecular flexibility index (Phi) is 4.74. The number of para-hydroxylation sites is 1. The Morgan fingerprint density at radius 3 is 2.28 bits per heavy atom. The van der Waals surface area contributed by atoms with Crippen LogP contribution in [0.1, 0.15) is 23.0 Å². The molecule has 0 spiro atoms. The number of rotatable bonds is 4. The van der Waals surface area contributed by atoms with Crippen LogP contribution in [0.2, 0.25) is 0 Å². The summed E-state index contributed by atoms with van der Waals surface area (Å²) < 4.78 is 0. The quantitative estimate of drug-likeness (QED) is 0.574. The minimum absolute atomic E-state index is 0.137. The van der Waals surface area contributed by atoms with Gasteiger partial charge in [-0.15, -0.1) is 0 Å². The number of pyridine rings is 2. The molecule has 1 aliphatic rings. The minimum Gasteiger partial charge on any atom is -0.358 e. The Hall–Kier alpha value is -3.18. The van der Waals surface area contributed by atoms with Crippen molar-refractivity contribution in [2.75, 3.05) is 31.1 Å². The lowest BCUT2D eigenvalue weighted by molar-refractivity contribution is 0.209. The average Bonchev–Trinajstić information content (AvgIpc) is 3.12. The Morgan fingerprint density at radius 2 is 1.55 bits per heavy atom. The van der Waals surface area contributed by atoms with Crippen molar-refractivity contribution in [3.8, 4) is 0 Å². The lowest BCUT2D eigenvalue weighted by Gasteiger charge is -2.39. The van der Waals surface area contributed by atoms with Crippen LogP contribution in [0.3, 0.4) is 0 Å². The van der Waals surface area contributed by atoms with Crippen molar-refractivity contribution in [2.45, 2.75) is 13.0 Å². The van der Waals surface area contributed by atoms with E-state index in [1.807, 2.05) is 24.5 Å². The second-order valence-corrected chi connectivity index (χ2v) is 7.58. The number of hydrogen-bond acceptors (Lipinski definition) is 4. The van der Waals surface area contributed by atoms with Crippen molar-refractivity contribution in [1.82, 2.24) is 19.9 Å². The zero-order valence-electron chi connectivity index (χ0n) is 16.6. The smallest absolute Gasteiger partial charge is 0.128 e. The normalized spacial score (nSPS) is 16.2. The summed E-state index contributed by atoms with van der Waals surface area (Å²) in [7, 11) is 0. The summed E-state index contributed by atoms with van der Waals surface area (Å²) in [6.45, 7) is 6.03. The van der Waals surface area contributed by atoms with E-state index in [2.05, 4.69) is 75.2 Å². The number of hydrogen-bond donors (Lipinski definition) is 1. The molecular formula is C24H25N5. The van der Waals surface area contributed by atoms with E-state index < -0.39 is 0 Å². The third-order valence-electron chi connectivity index (χ3n) is 5.84. The predicted octanol–water partition coefficient (Wildman–Crippen LogP) is 4.18. The summed E-state index contributed by atoms with van der Waals surface area (Å²) in [6.07, 6.45) is 3.77. The molecule has 0 saturated carbocycles. The van der Waals surface area contributed by atoms with Gasteiger partial charge in [0.15, 0.2) is 0 Å². The molecule has 146 valence electrons. The van der Waals surface area contributed by atoms with E-state index >= 15 is 0 Å². The molecule has 0 aliphatic carbocycles. The van der Waals surface area contributed by atoms with Crippen molar-refractivity contribution in [1.29, 1.82) is 0 Å². The standard InChI is InChI=1S/C24H25N5/c1-18-23(19-8-2-3-9-20(19)27-18)24(21-10-4-6-12-25-21)29-16-14-28(15-17-29)22-11-5-7-13-26-22/h2-13,24,27H,14-17H2,1H3/t24-/m0/s1. The number of piperazine rings is 1. The number of fused-ring (bicyclic) bond motifs is 1. The highest BCUT2D eigenvalue weighted by molar-refractivity contribution is 5.85. The fourth-order valence-corrected chi connectivity index (χ4v) is 4.46. The molecule has 1 saturated heterocycles. The average molecular weight is 383 g/mol. The highest BCUT2D eigenvalue weighted by Gasteiger charge is 2.30. The third-order valence-corrected chi connectivity index (χ3v) is 5.84. The molecule has 1 fully saturated rings. The van der Waals surface area contributed by atoms with Gasteiger partial charge in [0.05, 0.1) is 11.7 Å². The minimum atomic E-state index is 0.137. The van der Waals surface area contributed by atoms with E-state index in [1.54, 1.807) is 0 Å². The molecule has 1 atom stereocenters. The van der Waals surface area contributed by atoms with Gasteiger partial charge in [-0.05, 0) is 37.3 Å². The SMILES string of the molecule is Cc1[nH]c2ccccc2c1[C@H](c1ccccn1)N1CCN(c2ccccn2)CC1. The zero-order chi connectivity index (χ0) is 19.6. The molecule has 5 rings (SSSR count). The summed E-state index contributed by atoms with van der Waals surface area (Å²) >= 11 is 0. The summed E-state index contributed by atoms with van der Waals surface area (Å²) in [6, 6.07) is 21.1. The van der Waals surface area contributed by atoms with E-state index in [4.69, 9.17) is 4.98 Å². The van der Waals surface area contributed by atoms with Gasteiger partial charge in [-0.3, -0.25) is 9.88 Å². The van der Waals surface area contributed by atoms with Gasteiger partial charge in [-0.2, -0.15) is 0 Å². The van der Waals surface area contributed by atoms with Crippen LogP contribution in [-0.2, 0) is 0 Å². The van der Waals surface area contributed by atoms with Crippen molar-refractivity contribution >= 4 is 16.7 Å². The molecular weight excluding hydrogens is 358 g/mol. The van der Waals surface area contributed by atoms with Crippen molar-refractivity contribution in [2.24, 2.45) is 0 Å². The molecule has 0 unspecified atom stereocenters. The van der Waals surface area contributed by atoms with Gasteiger partial charge < -0.3 is 9.88 Å². The predicted molar refractivity (Wildman–Crippen MR) is 117 cm³/mol. The molecule has 5 heteroatoms. The maximum absolute atomic E-state index is 4.75. The summed E-state index contributed by atoms with van der Waals surface area (Å²) in [5, 5.41) is 1.29. The molecule has 0 bridgehead atoms. The zero-order valence-corrected chi connectivity index (χ0v) is 16.6. The number of H-pyrrole nitrogens is 1. The van der Waals surface area contributed by atoms with Crippen LogP contribution in [0.25, 0.3) is 10.9 Å². The van der Waals surface area contributed by atoms with Crippen LogP contribution in [0.4, 0.5) is 5.82 Å². The maximum Gasteiger partial charge on any atom is 0.128 e. The second-order valence-electron chi connectivity index (χ2n) is 7.58. The lowest BCUT2D eigenvalue weighted by atomic mass is 9.97. The Balaban J connectivity index is 1.50. The molecule has 29 heavy (non-hydrogen) atoms. The molecule has 1 N–H and O–H groups in total. The van der Waals surface area contributed by atoms with Crippen LogP contribution >= 0.6 is 0 Å². The van der Waals surface area contributed by atoms with Crippen LogP contribution in [-0.4, -0.2) is 46.0 Å². The van der Waals surface area contributed by atoms with Crippen molar-refractivity contribution in [3.05, 3.63) is 90.0 Å². The van der Waals surface area contributed by atoms with Gasteiger partial charge in [0.25, 0.3) is 0 Å². The number of aromatic nitrogens is 3. The maximum atomic E-state index is 4.75. The van der Waals surface area contributed by atoms with E-state index in [9.17, 15) is 0 Å². The Bertz CT molecular complexity index is 1080. The number of nitrogens with zero attached hydrogens (tertiary/aromatic N) is 4. The van der Waals surface area contributed by atoms with Crippen LogP contribution in [0.5, 0.6) is 0 Å². The fraction of sp³-hybridized carbons (Fsp3) is 0.250. The largest absolute Gasteiger partial charge is 0.358 e. The van der Waals surface area contributed by atoms with Gasteiger partial charge in [-0.25, -0.2) is 4.98 Å². The van der Waals surface area contributed by atoms with Gasteiger partial charge in [0, 0.05) is 60.7 Å². The molecule has 0 radical (unpaired) electrons. The molecule has 3 aromatic heterocycles. The highest BCUT2D eigenvalue weighted by atomic mass is 15.3. The second kappa shape index (κ2) is 7.68. The Labute approximate surface area is 171 Å². The third kappa shape index (κ3) is 3.38. The first kappa shape index (κ1) is 17.9. The van der Waals surface area contributed by atoms with E-state index in [1.165, 1.54) is 22.2 Å². The first-order chi connectivity index (χ1) is 14.3. The first-order valence-corrected chi connectivity index (χ1v) is 10.2. The van der Waals surface area contributed by atoms with Crippen LogP contribution in [0.15, 0.2) is 73.1 Å². The van der Waals surface area contributed by atoms with Gasteiger partial charge in [0.1, 0.15) is 5.82 Å². The topological polar surface area (TPSA) is 48.1 Å². The summed E-state index contributed by atoms with van der Waals surface area (Å²) in [4.78, 5) is 17.8. The monoisotopic (exact) mass is 383 g/mol. The molecule has 4 aromatic rings. The first-order valence-electron chi connectivity index (χ1n) is 10.2. The molecule has 0 amide bonds. The molecule has 4 heterocycles. The van der Waals surface area contributed by atoms with E-state index in [0.717, 1.165) is 37.7 Å². The molecule has 1 aromatic carbocycles. The lowest BCUT2D eigenvalue weighted by Crippen LogP contribution is -2.48. The summed E-state index contributed by atoms with van der Waals surface area (Å²) in [5.41, 5.74) is 4.85. The van der Waals surface area contributed by atoms with Crippen LogP contribution in [0, 0.1) is 6.92 Å². The number of aryl methyl sites for hydroxylation is 1. The summed E-state index contributed by atoms with van der Waals surface area (Å²) in [5.74, 6) is 1.06. The van der Waals surface area contributed by atoms with Gasteiger partial charge in [-0.1, -0.05) is 30.3 Å². The number of benzene rings is 1. The molecule has 1 aliphatic heterocycles. The van der Waals surface area contributed by atoms with Crippen molar-refractivity contribution < 1.29 is 0 Å². The number of anilines is 1. The van der Waals surface area contributed by atoms with E-state index in [-0.39, 0.29) is 6.04 Å². The Morgan fingerprint density at radius 1 is 0.828 bits per heavy atom. The van der Waals surface area contributed by atoms with E-state index in [0.29, 0.717) is 0 Å². The molecule has 5 nitrogen and oxygen atoms in total. The number of nitrogens with one attached hydrogen (secondary N) is 1. The fourth-order valence-electron chi connectivity index (χ4n) is 4.46. The highest BCUT2D eigenvalue weighted by Crippen LogP contribution is 2.36. The van der Waals surface area contributed by atoms with Crippen molar-refractivity contribution in [3.63, 3.8) is 0 Å². The van der Waals surface area contributed by atoms with Gasteiger partial charge >= 0.3 is 0 Å². The number of aromatic amines is 1.